The van der Waals surface area contributed by atoms with Crippen LogP contribution >= 0.6 is 11.8 Å². The van der Waals surface area contributed by atoms with E-state index in [-0.39, 0.29) is 22.8 Å². The van der Waals surface area contributed by atoms with Crippen molar-refractivity contribution in [3.63, 3.8) is 0 Å². The largest absolute Gasteiger partial charge is 0.548 e. The number of carboxylic acid groups (broad SMARTS) is 1. The Morgan fingerprint density at radius 2 is 1.96 bits per heavy atom. The second-order valence-corrected chi connectivity index (χ2v) is 9.74. The lowest BCUT2D eigenvalue weighted by molar-refractivity contribution is -0.309. The van der Waals surface area contributed by atoms with Crippen molar-refractivity contribution >= 4 is 38.6 Å². The predicted molar refractivity (Wildman–Crippen MR) is 98.9 cm³/mol. The number of aliphatic carboxylic acids is 1. The monoisotopic (exact) mass is 411 g/mol. The van der Waals surface area contributed by atoms with Crippen molar-refractivity contribution in [3.05, 3.63) is 35.9 Å². The molecular formula is C17H19N2O6S2-. The van der Waals surface area contributed by atoms with Gasteiger partial charge >= 0.3 is 0 Å². The van der Waals surface area contributed by atoms with Gasteiger partial charge in [0.15, 0.2) is 15.0 Å². The van der Waals surface area contributed by atoms with Crippen LogP contribution in [0.25, 0.3) is 0 Å². The zero-order valence-corrected chi connectivity index (χ0v) is 16.1. The highest BCUT2D eigenvalue weighted by atomic mass is 32.2. The topological polar surface area (TPSA) is 116 Å². The molecule has 0 unspecified atom stereocenters. The first-order valence-corrected chi connectivity index (χ1v) is 11.1. The molecule has 0 radical (unpaired) electrons. The number of hydrogen-bond donors (Lipinski definition) is 0. The molecule has 10 heteroatoms. The van der Waals surface area contributed by atoms with Crippen molar-refractivity contribution in [2.45, 2.75) is 17.7 Å². The van der Waals surface area contributed by atoms with Crippen LogP contribution in [-0.4, -0.2) is 72.9 Å². The van der Waals surface area contributed by atoms with E-state index in [0.29, 0.717) is 18.1 Å². The van der Waals surface area contributed by atoms with E-state index in [9.17, 15) is 23.1 Å². The van der Waals surface area contributed by atoms with E-state index in [2.05, 4.69) is 4.99 Å². The number of carbonyl (C=O) groups excluding carboxylic acids is 2. The van der Waals surface area contributed by atoms with Crippen LogP contribution in [0.1, 0.15) is 5.56 Å². The minimum absolute atomic E-state index is 0.0495. The van der Waals surface area contributed by atoms with Gasteiger partial charge in [0.25, 0.3) is 5.91 Å². The fourth-order valence-electron chi connectivity index (χ4n) is 3.15. The van der Waals surface area contributed by atoms with Gasteiger partial charge in [0, 0.05) is 11.8 Å². The van der Waals surface area contributed by atoms with Crippen LogP contribution in [0.4, 0.5) is 0 Å². The number of thioether (sulfide) groups is 1. The highest BCUT2D eigenvalue weighted by Crippen LogP contribution is 2.38. The molecule has 0 N–H and O–H groups in total. The summed E-state index contributed by atoms with van der Waals surface area (Å²) in [5.74, 6) is -1.90. The molecule has 0 bridgehead atoms. The van der Waals surface area contributed by atoms with Crippen LogP contribution in [-0.2, 0) is 30.6 Å². The molecule has 0 aliphatic carbocycles. The number of fused-ring (bicyclic) bond motifs is 1. The second-order valence-electron chi connectivity index (χ2n) is 6.38. The number of sulfone groups is 1. The molecule has 2 aliphatic heterocycles. The van der Waals surface area contributed by atoms with Crippen molar-refractivity contribution in [2.24, 2.45) is 4.99 Å². The van der Waals surface area contributed by atoms with Gasteiger partial charge in [0.2, 0.25) is 0 Å². The van der Waals surface area contributed by atoms with Gasteiger partial charge < -0.3 is 19.5 Å². The van der Waals surface area contributed by atoms with Gasteiger partial charge in [-0.1, -0.05) is 42.1 Å². The molecule has 27 heavy (non-hydrogen) atoms. The first-order chi connectivity index (χ1) is 12.8. The average molecular weight is 411 g/mol. The maximum atomic E-state index is 12.0. The fraction of sp³-hybridized carbons (Fsp3) is 0.471. The Bertz CT molecular complexity index is 840. The Kier molecular flexibility index (Phi) is 6.18. The van der Waals surface area contributed by atoms with E-state index in [4.69, 9.17) is 4.74 Å². The molecular weight excluding hydrogens is 392 g/mol. The number of carbonyl (C=O) groups is 2. The van der Waals surface area contributed by atoms with Crippen LogP contribution in [0.15, 0.2) is 35.3 Å². The molecule has 2 atom stereocenters. The van der Waals surface area contributed by atoms with Crippen LogP contribution in [0.5, 0.6) is 0 Å². The normalized spacial score (nSPS) is 24.9. The Balaban J connectivity index is 1.70. The molecule has 0 saturated carbocycles. The summed E-state index contributed by atoms with van der Waals surface area (Å²) in [4.78, 5) is 28.2. The number of amides is 1. The first kappa shape index (κ1) is 19.8. The van der Waals surface area contributed by atoms with E-state index in [1.54, 1.807) is 0 Å². The third kappa shape index (κ3) is 5.30. The van der Waals surface area contributed by atoms with Gasteiger partial charge in [-0.05, 0) is 12.0 Å². The van der Waals surface area contributed by atoms with E-state index >= 15 is 0 Å². The van der Waals surface area contributed by atoms with Gasteiger partial charge in [0.05, 0.1) is 30.1 Å². The van der Waals surface area contributed by atoms with Crippen LogP contribution in [0, 0.1) is 0 Å². The lowest BCUT2D eigenvalue weighted by atomic mass is 10.1. The maximum Gasteiger partial charge on any atom is 0.274 e. The summed E-state index contributed by atoms with van der Waals surface area (Å²) in [6.07, 6.45) is 0.694. The molecule has 146 valence electrons. The molecule has 2 aliphatic rings. The second kappa shape index (κ2) is 8.41. The summed E-state index contributed by atoms with van der Waals surface area (Å²) in [5, 5.41) is 10.7. The van der Waals surface area contributed by atoms with Crippen LogP contribution < -0.4 is 5.11 Å². The molecule has 1 aromatic carbocycles. The SMILES string of the molecule is O=C([O-])COCC(=O)N=C1S[C@@H]2CS(=O)(=O)C[C@H]2N1CCc1ccccc1. The summed E-state index contributed by atoms with van der Waals surface area (Å²) >= 11 is 1.29. The zero-order valence-electron chi connectivity index (χ0n) is 14.4. The lowest BCUT2D eigenvalue weighted by Crippen LogP contribution is -2.39. The van der Waals surface area contributed by atoms with Crippen LogP contribution in [0.3, 0.4) is 0 Å². The Labute approximate surface area is 161 Å². The highest BCUT2D eigenvalue weighted by molar-refractivity contribution is 8.15. The standard InChI is InChI=1S/C17H20N2O6S2/c20-15(8-25-9-16(21)22)18-17-19(7-6-12-4-2-1-3-5-12)13-10-27(23,24)11-14(13)26-17/h1-5,13-14H,6-11H2,(H,21,22)/p-1/t13-,14-/m1/s1. The summed E-state index contributed by atoms with van der Waals surface area (Å²) in [6, 6.07) is 9.56. The van der Waals surface area contributed by atoms with Gasteiger partial charge in [-0.3, -0.25) is 4.79 Å². The van der Waals surface area contributed by atoms with Gasteiger partial charge in [0.1, 0.15) is 6.61 Å². The molecule has 8 nitrogen and oxygen atoms in total. The third-order valence-corrected chi connectivity index (χ3v) is 7.57. The number of hydrogen-bond acceptors (Lipinski definition) is 7. The Morgan fingerprint density at radius 3 is 2.67 bits per heavy atom. The molecule has 2 saturated heterocycles. The lowest BCUT2D eigenvalue weighted by Gasteiger charge is -2.24. The van der Waals surface area contributed by atoms with Crippen molar-refractivity contribution < 1.29 is 27.9 Å². The molecule has 0 aromatic heterocycles. The summed E-state index contributed by atoms with van der Waals surface area (Å²) in [5.41, 5.74) is 1.11. The summed E-state index contributed by atoms with van der Waals surface area (Å²) < 4.78 is 28.7. The molecule has 1 amide bonds. The van der Waals surface area contributed by atoms with Crippen molar-refractivity contribution in [1.29, 1.82) is 0 Å². The fourth-order valence-corrected chi connectivity index (χ4v) is 7.15. The number of aliphatic imine (C=N–C) groups is 1. The molecule has 3 rings (SSSR count). The zero-order chi connectivity index (χ0) is 19.4. The Hall–Kier alpha value is -1.91. The Morgan fingerprint density at radius 1 is 1.22 bits per heavy atom. The third-order valence-electron chi connectivity index (χ3n) is 4.32. The van der Waals surface area contributed by atoms with Crippen LogP contribution in [0.2, 0.25) is 0 Å². The number of carboxylic acids is 1. The van der Waals surface area contributed by atoms with Gasteiger partial charge in [-0.15, -0.1) is 0 Å². The quantitative estimate of drug-likeness (QED) is 0.566. The number of amidine groups is 1. The number of rotatable bonds is 7. The average Bonchev–Trinajstić information content (AvgIpc) is 3.04. The van der Waals surface area contributed by atoms with Crippen molar-refractivity contribution in [2.75, 3.05) is 31.3 Å². The number of ether oxygens (including phenoxy) is 1. The molecule has 0 spiro atoms. The summed E-state index contributed by atoms with van der Waals surface area (Å²) in [6.45, 7) is -0.594. The minimum Gasteiger partial charge on any atom is -0.548 e. The maximum absolute atomic E-state index is 12.0. The smallest absolute Gasteiger partial charge is 0.274 e. The van der Waals surface area contributed by atoms with Gasteiger partial charge in [-0.25, -0.2) is 8.42 Å². The number of nitrogens with zero attached hydrogens (tertiary/aromatic N) is 2. The first-order valence-electron chi connectivity index (χ1n) is 8.41. The van der Waals surface area contributed by atoms with E-state index < -0.39 is 34.9 Å². The van der Waals surface area contributed by atoms with Crippen molar-refractivity contribution in [3.8, 4) is 0 Å². The molecule has 1 aromatic rings. The van der Waals surface area contributed by atoms with Crippen molar-refractivity contribution in [1.82, 2.24) is 4.90 Å². The predicted octanol–water partition coefficient (Wildman–Crippen LogP) is -0.907. The van der Waals surface area contributed by atoms with E-state index in [1.165, 1.54) is 11.8 Å². The molecule has 2 heterocycles. The number of benzene rings is 1. The minimum atomic E-state index is -3.10. The summed E-state index contributed by atoms with van der Waals surface area (Å²) in [7, 11) is -3.10. The van der Waals surface area contributed by atoms with E-state index in [0.717, 1.165) is 5.56 Å². The van der Waals surface area contributed by atoms with Gasteiger partial charge in [-0.2, -0.15) is 4.99 Å². The van der Waals surface area contributed by atoms with E-state index in [1.807, 2.05) is 35.2 Å². The highest BCUT2D eigenvalue weighted by Gasteiger charge is 2.48. The molecule has 2 fully saturated rings.